The number of aliphatic hydroxyl groups is 1. The summed E-state index contributed by atoms with van der Waals surface area (Å²) < 4.78 is 67.5. The summed E-state index contributed by atoms with van der Waals surface area (Å²) in [4.78, 5) is 71.6. The molecule has 6 atom stereocenters. The number of phosphoric acid groups is 2. The summed E-state index contributed by atoms with van der Waals surface area (Å²) in [6.45, 7) is 7.06. The van der Waals surface area contributed by atoms with E-state index in [2.05, 4.69) is 34.6 Å². The van der Waals surface area contributed by atoms with Crippen LogP contribution in [0, 0.1) is 5.92 Å². The molecule has 0 saturated carbocycles. The fourth-order valence-electron chi connectivity index (χ4n) is 9.37. The molecule has 0 aromatic heterocycles. The number of unbranched alkanes of at least 4 members (excludes halogenated alkanes) is 34. The highest BCUT2D eigenvalue weighted by atomic mass is 31.2. The van der Waals surface area contributed by atoms with Crippen molar-refractivity contribution < 1.29 is 80.2 Å². The van der Waals surface area contributed by atoms with Gasteiger partial charge in [-0.15, -0.1) is 0 Å². The largest absolute Gasteiger partial charge is 0.472 e. The molecule has 0 aliphatic carbocycles. The second kappa shape index (κ2) is 56.8. The molecule has 0 bridgehead atoms. The lowest BCUT2D eigenvalue weighted by molar-refractivity contribution is -0.161. The molecule has 3 unspecified atom stereocenters. The maximum Gasteiger partial charge on any atom is 0.472 e. The van der Waals surface area contributed by atoms with Crippen LogP contribution in [0.2, 0.25) is 0 Å². The van der Waals surface area contributed by atoms with Crippen LogP contribution in [0.1, 0.15) is 317 Å². The van der Waals surface area contributed by atoms with E-state index in [9.17, 15) is 43.2 Å². The average molecular weight is 1210 g/mol. The van der Waals surface area contributed by atoms with Crippen LogP contribution in [0.25, 0.3) is 0 Å². The van der Waals surface area contributed by atoms with E-state index in [4.69, 9.17) is 37.0 Å². The van der Waals surface area contributed by atoms with Gasteiger partial charge in [0, 0.05) is 25.7 Å². The van der Waals surface area contributed by atoms with Crippen LogP contribution < -0.4 is 0 Å². The molecule has 0 radical (unpaired) electrons. The SMILES string of the molecule is CCCCCCCCCCCCCCCCC(=O)OC[C@H](COP(=O)(O)OC[C@@H](O)COP(=O)(O)OC[C@@H](COC(=O)CCCCCCC)OC(=O)CCCCCCC)OC(=O)CCCCCCCCCCCCCCCCC(C)CC. The van der Waals surface area contributed by atoms with Crippen molar-refractivity contribution in [3.05, 3.63) is 0 Å². The third kappa shape index (κ3) is 55.9. The number of carbonyl (C=O) groups is 4. The molecular formula is C63H122O17P2. The molecule has 0 amide bonds. The Morgan fingerprint density at radius 1 is 0.341 bits per heavy atom. The third-order valence-corrected chi connectivity index (χ3v) is 16.8. The molecule has 0 aromatic carbocycles. The van der Waals surface area contributed by atoms with E-state index >= 15 is 0 Å². The van der Waals surface area contributed by atoms with Crippen LogP contribution in [-0.2, 0) is 65.4 Å². The van der Waals surface area contributed by atoms with Crippen molar-refractivity contribution in [2.45, 2.75) is 335 Å². The Hall–Kier alpha value is -1.94. The van der Waals surface area contributed by atoms with Gasteiger partial charge in [0.15, 0.2) is 12.2 Å². The number of carbonyl (C=O) groups excluding carboxylic acids is 4. The van der Waals surface area contributed by atoms with Gasteiger partial charge in [-0.2, -0.15) is 0 Å². The Bertz CT molecular complexity index is 1600. The Morgan fingerprint density at radius 2 is 0.585 bits per heavy atom. The summed E-state index contributed by atoms with van der Waals surface area (Å²) in [5.41, 5.74) is 0. The van der Waals surface area contributed by atoms with Gasteiger partial charge in [-0.3, -0.25) is 37.3 Å². The Labute approximate surface area is 498 Å². The molecule has 0 aliphatic heterocycles. The highest BCUT2D eigenvalue weighted by molar-refractivity contribution is 7.47. The zero-order chi connectivity index (χ0) is 60.6. The summed E-state index contributed by atoms with van der Waals surface area (Å²) in [5.74, 6) is -1.31. The summed E-state index contributed by atoms with van der Waals surface area (Å²) in [6.07, 6.45) is 41.1. The minimum Gasteiger partial charge on any atom is -0.462 e. The van der Waals surface area contributed by atoms with Crippen molar-refractivity contribution in [1.29, 1.82) is 0 Å². The Kier molecular flexibility index (Phi) is 55.5. The molecule has 3 N–H and O–H groups in total. The minimum absolute atomic E-state index is 0.0989. The first kappa shape index (κ1) is 80.1. The Balaban J connectivity index is 5.09. The molecule has 0 spiro atoms. The predicted molar refractivity (Wildman–Crippen MR) is 326 cm³/mol. The van der Waals surface area contributed by atoms with Gasteiger partial charge in [-0.05, 0) is 31.6 Å². The first-order chi connectivity index (χ1) is 39.6. The van der Waals surface area contributed by atoms with Gasteiger partial charge in [0.25, 0.3) is 0 Å². The standard InChI is InChI=1S/C63H122O17P2/c1-6-10-13-16-17-18-19-20-24-27-30-33-38-42-47-61(66)74-53-59(80-63(68)49-44-39-34-31-28-25-22-21-23-26-29-32-37-40-45-56(5)9-4)55-78-82(71,72)76-51-57(64)50-75-81(69,70)77-54-58(79-62(67)48-43-36-15-12-8-3)52-73-60(65)46-41-35-14-11-7-2/h56-59,64H,6-55H2,1-5H3,(H,69,70)(H,71,72)/t56?,57-,58+,59+/m0/s1. The normalized spacial score (nSPS) is 14.6. The van der Waals surface area contributed by atoms with E-state index in [1.807, 2.05) is 0 Å². The quantitative estimate of drug-likeness (QED) is 0.0222. The number of hydrogen-bond acceptors (Lipinski definition) is 15. The Morgan fingerprint density at radius 3 is 0.866 bits per heavy atom. The van der Waals surface area contributed by atoms with Crippen molar-refractivity contribution in [3.63, 3.8) is 0 Å². The number of hydrogen-bond donors (Lipinski definition) is 3. The smallest absolute Gasteiger partial charge is 0.462 e. The second-order valence-corrected chi connectivity index (χ2v) is 25.9. The summed E-state index contributed by atoms with van der Waals surface area (Å²) in [6, 6.07) is 0. The summed E-state index contributed by atoms with van der Waals surface area (Å²) >= 11 is 0. The molecule has 0 fully saturated rings. The molecule has 0 saturated heterocycles. The summed E-state index contributed by atoms with van der Waals surface area (Å²) in [5, 5.41) is 10.5. The van der Waals surface area contributed by atoms with Gasteiger partial charge < -0.3 is 33.8 Å². The zero-order valence-corrected chi connectivity index (χ0v) is 54.4. The highest BCUT2D eigenvalue weighted by Gasteiger charge is 2.30. The lowest BCUT2D eigenvalue weighted by Gasteiger charge is -2.21. The highest BCUT2D eigenvalue weighted by Crippen LogP contribution is 2.45. The fourth-order valence-corrected chi connectivity index (χ4v) is 11.0. The molecule has 0 aromatic rings. The van der Waals surface area contributed by atoms with E-state index in [0.29, 0.717) is 25.7 Å². The minimum atomic E-state index is -4.94. The third-order valence-electron chi connectivity index (χ3n) is 14.9. The van der Waals surface area contributed by atoms with E-state index < -0.39 is 97.5 Å². The van der Waals surface area contributed by atoms with Gasteiger partial charge in [0.05, 0.1) is 26.4 Å². The molecule has 0 aliphatic rings. The van der Waals surface area contributed by atoms with E-state index in [0.717, 1.165) is 102 Å². The van der Waals surface area contributed by atoms with Crippen LogP contribution in [0.5, 0.6) is 0 Å². The lowest BCUT2D eigenvalue weighted by atomic mass is 9.99. The van der Waals surface area contributed by atoms with E-state index in [1.165, 1.54) is 135 Å². The van der Waals surface area contributed by atoms with Crippen LogP contribution in [0.4, 0.5) is 0 Å². The fraction of sp³-hybridized carbons (Fsp3) is 0.937. The number of ether oxygens (including phenoxy) is 4. The van der Waals surface area contributed by atoms with Gasteiger partial charge in [0.2, 0.25) is 0 Å². The second-order valence-electron chi connectivity index (χ2n) is 23.0. The van der Waals surface area contributed by atoms with Gasteiger partial charge in [-0.25, -0.2) is 9.13 Å². The van der Waals surface area contributed by atoms with Gasteiger partial charge in [0.1, 0.15) is 19.3 Å². The van der Waals surface area contributed by atoms with E-state index in [1.54, 1.807) is 0 Å². The molecule has 0 heterocycles. The van der Waals surface area contributed by atoms with Crippen molar-refractivity contribution in [3.8, 4) is 0 Å². The molecule has 486 valence electrons. The van der Waals surface area contributed by atoms with Crippen LogP contribution in [0.3, 0.4) is 0 Å². The molecule has 0 rings (SSSR count). The topological polar surface area (TPSA) is 237 Å². The van der Waals surface area contributed by atoms with Gasteiger partial charge in [-0.1, -0.05) is 266 Å². The maximum absolute atomic E-state index is 13.0. The molecule has 17 nitrogen and oxygen atoms in total. The molecular weight excluding hydrogens is 1090 g/mol. The summed E-state index contributed by atoms with van der Waals surface area (Å²) in [7, 11) is -9.86. The van der Waals surface area contributed by atoms with Gasteiger partial charge >= 0.3 is 39.5 Å². The predicted octanol–water partition coefficient (Wildman–Crippen LogP) is 17.4. The number of rotatable bonds is 63. The maximum atomic E-state index is 13.0. The number of esters is 4. The van der Waals surface area contributed by atoms with E-state index in [-0.39, 0.29) is 25.7 Å². The zero-order valence-electron chi connectivity index (χ0n) is 52.6. The van der Waals surface area contributed by atoms with Crippen molar-refractivity contribution in [2.75, 3.05) is 39.6 Å². The van der Waals surface area contributed by atoms with Crippen LogP contribution in [0.15, 0.2) is 0 Å². The van der Waals surface area contributed by atoms with Crippen molar-refractivity contribution in [1.82, 2.24) is 0 Å². The number of phosphoric ester groups is 2. The van der Waals surface area contributed by atoms with Crippen LogP contribution >= 0.6 is 15.6 Å². The molecule has 82 heavy (non-hydrogen) atoms. The number of aliphatic hydroxyl groups excluding tert-OH is 1. The first-order valence-corrected chi connectivity index (χ1v) is 36.2. The molecule has 19 heteroatoms. The average Bonchev–Trinajstić information content (AvgIpc) is 3.45. The monoisotopic (exact) mass is 1210 g/mol. The first-order valence-electron chi connectivity index (χ1n) is 33.2. The van der Waals surface area contributed by atoms with Crippen molar-refractivity contribution >= 4 is 39.5 Å². The van der Waals surface area contributed by atoms with Crippen LogP contribution in [-0.4, -0.2) is 96.7 Å². The lowest BCUT2D eigenvalue weighted by Crippen LogP contribution is -2.30. The van der Waals surface area contributed by atoms with Crippen molar-refractivity contribution in [2.24, 2.45) is 5.92 Å².